The van der Waals surface area contributed by atoms with Gasteiger partial charge in [-0.05, 0) is 12.8 Å². The number of hydrogen-bond donors (Lipinski definition) is 1. The van der Waals surface area contributed by atoms with E-state index in [2.05, 4.69) is 19.8 Å². The Hall–Kier alpha value is -1.40. The van der Waals surface area contributed by atoms with Crippen molar-refractivity contribution in [3.05, 3.63) is 17.0 Å². The van der Waals surface area contributed by atoms with Gasteiger partial charge >= 0.3 is 0 Å². The molecule has 2 aliphatic rings. The Morgan fingerprint density at radius 2 is 2.00 bits per heavy atom. The number of carbonyl (C=O) groups is 1. The summed E-state index contributed by atoms with van der Waals surface area (Å²) in [4.78, 5) is 24.1. The Morgan fingerprint density at radius 1 is 1.30 bits per heavy atom. The van der Waals surface area contributed by atoms with Crippen LogP contribution in [0.15, 0.2) is 6.07 Å². The number of primary amides is 1. The smallest absolute Gasteiger partial charge is 0.231 e. The van der Waals surface area contributed by atoms with Gasteiger partial charge in [-0.3, -0.25) is 9.69 Å². The van der Waals surface area contributed by atoms with E-state index >= 15 is 0 Å². The van der Waals surface area contributed by atoms with Crippen molar-refractivity contribution in [3.63, 3.8) is 0 Å². The summed E-state index contributed by atoms with van der Waals surface area (Å²) < 4.78 is 0. The van der Waals surface area contributed by atoms with E-state index in [0.29, 0.717) is 17.6 Å². The van der Waals surface area contributed by atoms with Crippen molar-refractivity contribution in [2.24, 2.45) is 5.73 Å². The average molecular weight is 296 g/mol. The maximum Gasteiger partial charge on any atom is 0.231 e. The maximum absolute atomic E-state index is 10.9. The third-order valence-corrected chi connectivity index (χ3v) is 3.91. The third kappa shape index (κ3) is 3.19. The molecule has 1 aliphatic carbocycles. The second-order valence-electron chi connectivity index (χ2n) is 5.41. The van der Waals surface area contributed by atoms with Crippen molar-refractivity contribution in [1.82, 2.24) is 14.9 Å². The molecule has 0 spiro atoms. The molecule has 7 heteroatoms. The van der Waals surface area contributed by atoms with Crippen molar-refractivity contribution in [2.75, 3.05) is 37.6 Å². The van der Waals surface area contributed by atoms with Crippen molar-refractivity contribution in [3.8, 4) is 0 Å². The Kier molecular flexibility index (Phi) is 3.76. The number of hydrogen-bond acceptors (Lipinski definition) is 5. The summed E-state index contributed by atoms with van der Waals surface area (Å²) in [6.45, 7) is 3.59. The number of anilines is 1. The van der Waals surface area contributed by atoms with E-state index in [4.69, 9.17) is 17.3 Å². The van der Waals surface area contributed by atoms with Crippen LogP contribution in [-0.4, -0.2) is 53.5 Å². The second-order valence-corrected chi connectivity index (χ2v) is 5.80. The molecule has 3 rings (SSSR count). The van der Waals surface area contributed by atoms with Crippen LogP contribution in [0.2, 0.25) is 5.15 Å². The minimum atomic E-state index is -0.278. The van der Waals surface area contributed by atoms with Gasteiger partial charge in [0.25, 0.3) is 0 Å². The van der Waals surface area contributed by atoms with E-state index in [1.807, 2.05) is 6.07 Å². The standard InChI is InChI=1S/C13H18ClN5O/c14-10-7-12(17-13(16-10)9-1-2-9)19-5-3-18(4-6-19)8-11(15)20/h7,9H,1-6,8H2,(H2,15,20). The van der Waals surface area contributed by atoms with Gasteiger partial charge in [0, 0.05) is 38.2 Å². The average Bonchev–Trinajstić information content (AvgIpc) is 3.22. The van der Waals surface area contributed by atoms with Crippen LogP contribution in [0.4, 0.5) is 5.82 Å². The van der Waals surface area contributed by atoms with Gasteiger partial charge < -0.3 is 10.6 Å². The van der Waals surface area contributed by atoms with Gasteiger partial charge in [0.1, 0.15) is 16.8 Å². The predicted octanol–water partition coefficient (Wildman–Crippen LogP) is 0.615. The van der Waals surface area contributed by atoms with E-state index in [0.717, 1.165) is 50.7 Å². The molecule has 20 heavy (non-hydrogen) atoms. The molecule has 2 heterocycles. The van der Waals surface area contributed by atoms with Gasteiger partial charge in [-0.15, -0.1) is 0 Å². The number of halogens is 1. The van der Waals surface area contributed by atoms with Crippen LogP contribution in [-0.2, 0) is 4.79 Å². The molecule has 1 aromatic heterocycles. The van der Waals surface area contributed by atoms with Gasteiger partial charge in [-0.2, -0.15) is 0 Å². The quantitative estimate of drug-likeness (QED) is 0.824. The third-order valence-electron chi connectivity index (χ3n) is 3.72. The summed E-state index contributed by atoms with van der Waals surface area (Å²) in [5.41, 5.74) is 5.22. The summed E-state index contributed by atoms with van der Waals surface area (Å²) in [5.74, 6) is 1.97. The molecule has 0 atom stereocenters. The number of aromatic nitrogens is 2. The van der Waals surface area contributed by atoms with Crippen molar-refractivity contribution >= 4 is 23.3 Å². The van der Waals surface area contributed by atoms with Gasteiger partial charge in [0.05, 0.1) is 6.54 Å². The lowest BCUT2D eigenvalue weighted by Gasteiger charge is -2.34. The van der Waals surface area contributed by atoms with Gasteiger partial charge in [-0.25, -0.2) is 9.97 Å². The molecule has 0 bridgehead atoms. The first-order valence-electron chi connectivity index (χ1n) is 6.92. The predicted molar refractivity (Wildman–Crippen MR) is 76.9 cm³/mol. The fourth-order valence-electron chi connectivity index (χ4n) is 2.46. The van der Waals surface area contributed by atoms with Gasteiger partial charge in [-0.1, -0.05) is 11.6 Å². The van der Waals surface area contributed by atoms with Gasteiger partial charge in [0.15, 0.2) is 0 Å². The first-order valence-corrected chi connectivity index (χ1v) is 7.29. The van der Waals surface area contributed by atoms with E-state index in [1.54, 1.807) is 0 Å². The number of nitrogens with two attached hydrogens (primary N) is 1. The van der Waals surface area contributed by atoms with Crippen molar-refractivity contribution in [1.29, 1.82) is 0 Å². The number of rotatable bonds is 4. The molecule has 1 saturated heterocycles. The maximum atomic E-state index is 10.9. The van der Waals surface area contributed by atoms with E-state index < -0.39 is 0 Å². The number of piperazine rings is 1. The van der Waals surface area contributed by atoms with Crippen molar-refractivity contribution in [2.45, 2.75) is 18.8 Å². The van der Waals surface area contributed by atoms with Crippen LogP contribution < -0.4 is 10.6 Å². The topological polar surface area (TPSA) is 75.4 Å². The largest absolute Gasteiger partial charge is 0.369 e. The molecule has 0 unspecified atom stereocenters. The van der Waals surface area contributed by atoms with Crippen LogP contribution in [0.5, 0.6) is 0 Å². The highest BCUT2D eigenvalue weighted by Crippen LogP contribution is 2.39. The van der Waals surface area contributed by atoms with Crippen LogP contribution >= 0.6 is 11.6 Å². The second kappa shape index (κ2) is 5.54. The molecular weight excluding hydrogens is 278 g/mol. The highest BCUT2D eigenvalue weighted by atomic mass is 35.5. The molecule has 108 valence electrons. The molecule has 1 aromatic rings. The molecule has 2 N–H and O–H groups in total. The van der Waals surface area contributed by atoms with Crippen LogP contribution in [0, 0.1) is 0 Å². The Balaban J connectivity index is 1.67. The lowest BCUT2D eigenvalue weighted by molar-refractivity contribution is -0.119. The summed E-state index contributed by atoms with van der Waals surface area (Å²) >= 11 is 6.09. The Labute approximate surface area is 122 Å². The zero-order chi connectivity index (χ0) is 14.1. The minimum Gasteiger partial charge on any atom is -0.369 e. The molecule has 0 aromatic carbocycles. The monoisotopic (exact) mass is 295 g/mol. The molecular formula is C13H18ClN5O. The van der Waals surface area contributed by atoms with E-state index in [-0.39, 0.29) is 5.91 Å². The fourth-order valence-corrected chi connectivity index (χ4v) is 2.65. The lowest BCUT2D eigenvalue weighted by Crippen LogP contribution is -2.49. The molecule has 0 radical (unpaired) electrons. The normalized spacial score (nSPS) is 20.1. The van der Waals surface area contributed by atoms with Gasteiger partial charge in [0.2, 0.25) is 5.91 Å². The van der Waals surface area contributed by atoms with Crippen LogP contribution in [0.1, 0.15) is 24.6 Å². The zero-order valence-electron chi connectivity index (χ0n) is 11.3. The Morgan fingerprint density at radius 3 is 2.60 bits per heavy atom. The molecule has 1 aliphatic heterocycles. The lowest BCUT2D eigenvalue weighted by atomic mass is 10.3. The number of amides is 1. The molecule has 6 nitrogen and oxygen atoms in total. The SMILES string of the molecule is NC(=O)CN1CCN(c2cc(Cl)nc(C3CC3)n2)CC1. The number of nitrogens with zero attached hydrogens (tertiary/aromatic N) is 4. The highest BCUT2D eigenvalue weighted by Gasteiger charge is 2.28. The fraction of sp³-hybridized carbons (Fsp3) is 0.615. The van der Waals surface area contributed by atoms with E-state index in [9.17, 15) is 4.79 Å². The summed E-state index contributed by atoms with van der Waals surface area (Å²) in [6, 6.07) is 1.82. The first-order chi connectivity index (χ1) is 9.61. The summed E-state index contributed by atoms with van der Waals surface area (Å²) in [5, 5.41) is 0.511. The van der Waals surface area contributed by atoms with E-state index in [1.165, 1.54) is 0 Å². The first kappa shape index (κ1) is 13.6. The molecule has 1 amide bonds. The number of carbonyl (C=O) groups excluding carboxylic acids is 1. The molecule has 2 fully saturated rings. The summed E-state index contributed by atoms with van der Waals surface area (Å²) in [7, 11) is 0. The Bertz CT molecular complexity index is 511. The zero-order valence-corrected chi connectivity index (χ0v) is 12.0. The minimum absolute atomic E-state index is 0.278. The van der Waals surface area contributed by atoms with Crippen molar-refractivity contribution < 1.29 is 4.79 Å². The summed E-state index contributed by atoms with van der Waals surface area (Å²) in [6.07, 6.45) is 2.32. The molecule has 1 saturated carbocycles. The van der Waals surface area contributed by atoms with Crippen LogP contribution in [0.25, 0.3) is 0 Å². The highest BCUT2D eigenvalue weighted by molar-refractivity contribution is 6.29. The van der Waals surface area contributed by atoms with Crippen LogP contribution in [0.3, 0.4) is 0 Å².